The molecule has 1 heterocycles. The van der Waals surface area contributed by atoms with Crippen LogP contribution in [0.15, 0.2) is 82.2 Å². The molecule has 4 aromatic rings. The van der Waals surface area contributed by atoms with E-state index in [0.717, 1.165) is 22.3 Å². The van der Waals surface area contributed by atoms with Crippen molar-refractivity contribution in [2.24, 2.45) is 0 Å². The fourth-order valence-electron chi connectivity index (χ4n) is 3.80. The van der Waals surface area contributed by atoms with Crippen LogP contribution in [0.2, 0.25) is 0 Å². The molecule has 0 aliphatic rings. The topological polar surface area (TPSA) is 93.2 Å². The predicted molar refractivity (Wildman–Crippen MR) is 153 cm³/mol. The number of hydrogen-bond acceptors (Lipinski definition) is 6. The molecule has 0 unspecified atom stereocenters. The molecule has 0 atom stereocenters. The van der Waals surface area contributed by atoms with Crippen molar-refractivity contribution in [2.75, 3.05) is 16.6 Å². The number of anilines is 3. The molecule has 7 nitrogen and oxygen atoms in total. The third-order valence-corrected chi connectivity index (χ3v) is 7.69. The molecule has 0 radical (unpaired) electrons. The maximum atomic E-state index is 13.1. The fraction of sp³-hybridized carbons (Fsp3) is 0.286. The number of rotatable bonds is 13. The largest absolute Gasteiger partial charge is 0.494 e. The highest BCUT2D eigenvalue weighted by Crippen LogP contribution is 2.28. The van der Waals surface area contributed by atoms with Gasteiger partial charge in [-0.15, -0.1) is 0 Å². The molecule has 0 aliphatic carbocycles. The number of ether oxygens (including phenoxy) is 1. The van der Waals surface area contributed by atoms with Crippen LogP contribution in [0.5, 0.6) is 5.75 Å². The van der Waals surface area contributed by atoms with Crippen LogP contribution < -0.4 is 14.8 Å². The molecule has 0 fully saturated rings. The normalized spacial score (nSPS) is 11.4. The van der Waals surface area contributed by atoms with Crippen LogP contribution in [-0.2, 0) is 10.0 Å². The van der Waals surface area contributed by atoms with E-state index in [1.54, 1.807) is 18.2 Å². The summed E-state index contributed by atoms with van der Waals surface area (Å²) in [5, 5.41) is 3.21. The molecule has 0 saturated carbocycles. The Kier molecular flexibility index (Phi) is 9.35. The van der Waals surface area contributed by atoms with Crippen LogP contribution in [0.4, 0.5) is 17.3 Å². The van der Waals surface area contributed by atoms with Crippen LogP contribution in [-0.4, -0.2) is 25.0 Å². The Morgan fingerprint density at radius 3 is 2.08 bits per heavy atom. The standard InChI is InChI=1S/C28H31BrN4O3S/c1-2-3-4-5-6-9-20-36-23-16-14-22(15-17-23)30-27-28(32-26-11-8-7-10-25(26)31-27)33-37(34,35)24-18-12-21(29)13-19-24/h7-8,10-19H,2-6,9,20H2,1H3,(H,30,31)(H,32,33). The lowest BCUT2D eigenvalue weighted by Crippen LogP contribution is -2.16. The maximum Gasteiger partial charge on any atom is 0.263 e. The van der Waals surface area contributed by atoms with Gasteiger partial charge in [-0.25, -0.2) is 18.4 Å². The Hall–Kier alpha value is -3.17. The monoisotopic (exact) mass is 582 g/mol. The molecule has 2 N–H and O–H groups in total. The number of sulfonamides is 1. The summed E-state index contributed by atoms with van der Waals surface area (Å²) >= 11 is 3.33. The van der Waals surface area contributed by atoms with Gasteiger partial charge in [0.25, 0.3) is 10.0 Å². The molecule has 194 valence electrons. The van der Waals surface area contributed by atoms with E-state index in [9.17, 15) is 8.42 Å². The molecule has 0 saturated heterocycles. The third kappa shape index (κ3) is 7.66. The van der Waals surface area contributed by atoms with Crippen LogP contribution >= 0.6 is 15.9 Å². The van der Waals surface area contributed by atoms with E-state index in [1.807, 2.05) is 42.5 Å². The van der Waals surface area contributed by atoms with Crippen molar-refractivity contribution in [1.29, 1.82) is 0 Å². The van der Waals surface area contributed by atoms with Gasteiger partial charge in [-0.1, -0.05) is 67.1 Å². The minimum absolute atomic E-state index is 0.116. The fourth-order valence-corrected chi connectivity index (χ4v) is 5.08. The van der Waals surface area contributed by atoms with Gasteiger partial charge in [0.05, 0.1) is 22.5 Å². The Balaban J connectivity index is 1.48. The molecule has 0 amide bonds. The molecule has 4 rings (SSSR count). The van der Waals surface area contributed by atoms with Crippen molar-refractivity contribution in [2.45, 2.75) is 50.3 Å². The summed E-state index contributed by atoms with van der Waals surface area (Å²) in [4.78, 5) is 9.31. The van der Waals surface area contributed by atoms with Crippen molar-refractivity contribution in [3.8, 4) is 5.75 Å². The van der Waals surface area contributed by atoms with Crippen LogP contribution in [0.1, 0.15) is 45.4 Å². The van der Waals surface area contributed by atoms with E-state index in [4.69, 9.17) is 4.74 Å². The molecule has 0 bridgehead atoms. The second-order valence-corrected chi connectivity index (χ2v) is 11.3. The highest BCUT2D eigenvalue weighted by Gasteiger charge is 2.19. The Bertz CT molecular complexity index is 1410. The number of unbranched alkanes of at least 4 members (excludes halogenated alkanes) is 5. The van der Waals surface area contributed by atoms with Gasteiger partial charge in [0.1, 0.15) is 5.75 Å². The van der Waals surface area contributed by atoms with E-state index in [2.05, 4.69) is 42.9 Å². The molecule has 1 aromatic heterocycles. The second-order valence-electron chi connectivity index (χ2n) is 8.73. The summed E-state index contributed by atoms with van der Waals surface area (Å²) in [6, 6.07) is 21.3. The summed E-state index contributed by atoms with van der Waals surface area (Å²) < 4.78 is 35.4. The summed E-state index contributed by atoms with van der Waals surface area (Å²) in [5.74, 6) is 1.21. The van der Waals surface area contributed by atoms with Gasteiger partial charge >= 0.3 is 0 Å². The van der Waals surface area contributed by atoms with E-state index in [1.165, 1.54) is 44.2 Å². The van der Waals surface area contributed by atoms with Gasteiger partial charge in [0, 0.05) is 10.2 Å². The smallest absolute Gasteiger partial charge is 0.263 e. The third-order valence-electron chi connectivity index (χ3n) is 5.81. The maximum absolute atomic E-state index is 13.1. The van der Waals surface area contributed by atoms with Crippen LogP contribution in [0, 0.1) is 0 Å². The summed E-state index contributed by atoms with van der Waals surface area (Å²) in [7, 11) is -3.87. The molecular weight excluding hydrogens is 552 g/mol. The van der Waals surface area contributed by atoms with E-state index < -0.39 is 10.0 Å². The molecule has 3 aromatic carbocycles. The Morgan fingerprint density at radius 1 is 0.784 bits per heavy atom. The first kappa shape index (κ1) is 26.9. The predicted octanol–water partition coefficient (Wildman–Crippen LogP) is 7.68. The van der Waals surface area contributed by atoms with Gasteiger partial charge in [0.15, 0.2) is 11.6 Å². The number of hydrogen-bond donors (Lipinski definition) is 2. The summed E-state index contributed by atoms with van der Waals surface area (Å²) in [6.07, 6.45) is 7.30. The first-order chi connectivity index (χ1) is 17.9. The SMILES string of the molecule is CCCCCCCCOc1ccc(Nc2nc3ccccc3nc2NS(=O)(=O)c2ccc(Br)cc2)cc1. The van der Waals surface area contributed by atoms with Gasteiger partial charge in [-0.05, 0) is 67.1 Å². The second kappa shape index (κ2) is 12.9. The van der Waals surface area contributed by atoms with Crippen molar-refractivity contribution in [3.05, 3.63) is 77.3 Å². The summed E-state index contributed by atoms with van der Waals surface area (Å²) in [5.41, 5.74) is 1.97. The van der Waals surface area contributed by atoms with Gasteiger partial charge in [0.2, 0.25) is 0 Å². The van der Waals surface area contributed by atoms with Gasteiger partial charge in [-0.3, -0.25) is 4.72 Å². The minimum atomic E-state index is -3.87. The van der Waals surface area contributed by atoms with E-state index in [0.29, 0.717) is 23.5 Å². The summed E-state index contributed by atoms with van der Waals surface area (Å²) in [6.45, 7) is 2.91. The molecule has 9 heteroatoms. The van der Waals surface area contributed by atoms with E-state index >= 15 is 0 Å². The lowest BCUT2D eigenvalue weighted by atomic mass is 10.1. The Morgan fingerprint density at radius 2 is 1.41 bits per heavy atom. The highest BCUT2D eigenvalue weighted by atomic mass is 79.9. The van der Waals surface area contributed by atoms with Crippen molar-refractivity contribution >= 4 is 54.3 Å². The number of para-hydroxylation sites is 2. The first-order valence-corrected chi connectivity index (χ1v) is 14.8. The lowest BCUT2D eigenvalue weighted by Gasteiger charge is -2.14. The highest BCUT2D eigenvalue weighted by molar-refractivity contribution is 9.10. The number of fused-ring (bicyclic) bond motifs is 1. The molecule has 37 heavy (non-hydrogen) atoms. The molecular formula is C28H31BrN4O3S. The van der Waals surface area contributed by atoms with Gasteiger partial charge < -0.3 is 10.1 Å². The van der Waals surface area contributed by atoms with Crippen molar-refractivity contribution in [3.63, 3.8) is 0 Å². The van der Waals surface area contributed by atoms with E-state index in [-0.39, 0.29) is 10.7 Å². The van der Waals surface area contributed by atoms with Gasteiger partial charge in [-0.2, -0.15) is 0 Å². The minimum Gasteiger partial charge on any atom is -0.494 e. The van der Waals surface area contributed by atoms with Crippen LogP contribution in [0.25, 0.3) is 11.0 Å². The Labute approximate surface area is 226 Å². The molecule has 0 spiro atoms. The zero-order chi connectivity index (χ0) is 26.1. The van der Waals surface area contributed by atoms with Crippen molar-refractivity contribution in [1.82, 2.24) is 9.97 Å². The number of nitrogens with zero attached hydrogens (tertiary/aromatic N) is 2. The van der Waals surface area contributed by atoms with Crippen LogP contribution in [0.3, 0.4) is 0 Å². The molecule has 0 aliphatic heterocycles. The quantitative estimate of drug-likeness (QED) is 0.157. The average molecular weight is 584 g/mol. The first-order valence-electron chi connectivity index (χ1n) is 12.5. The zero-order valence-electron chi connectivity index (χ0n) is 20.8. The number of aromatic nitrogens is 2. The number of halogens is 1. The van der Waals surface area contributed by atoms with Crippen molar-refractivity contribution < 1.29 is 13.2 Å². The average Bonchev–Trinajstić information content (AvgIpc) is 2.89. The number of benzene rings is 3. The lowest BCUT2D eigenvalue weighted by molar-refractivity contribution is 0.304. The zero-order valence-corrected chi connectivity index (χ0v) is 23.2. The number of nitrogens with one attached hydrogen (secondary N) is 2.